The number of carbonyl (C=O) groups excluding carboxylic acids is 2. The van der Waals surface area contributed by atoms with E-state index >= 15 is 4.39 Å². The summed E-state index contributed by atoms with van der Waals surface area (Å²) >= 11 is 1.22. The number of para-hydroxylation sites is 1. The van der Waals surface area contributed by atoms with Crippen molar-refractivity contribution in [2.24, 2.45) is 0 Å². The van der Waals surface area contributed by atoms with Gasteiger partial charge < -0.3 is 14.3 Å². The third-order valence-corrected chi connectivity index (χ3v) is 7.36. The predicted octanol–water partition coefficient (Wildman–Crippen LogP) is 6.28. The van der Waals surface area contributed by atoms with Crippen LogP contribution < -0.4 is 9.64 Å². The molecule has 5 aromatic rings. The van der Waals surface area contributed by atoms with E-state index in [2.05, 4.69) is 4.98 Å². The van der Waals surface area contributed by atoms with Gasteiger partial charge in [0.1, 0.15) is 11.9 Å². The van der Waals surface area contributed by atoms with Crippen LogP contribution in [0.15, 0.2) is 82.5 Å². The molecule has 9 heteroatoms. The van der Waals surface area contributed by atoms with Crippen molar-refractivity contribution < 1.29 is 28.2 Å². The summed E-state index contributed by atoms with van der Waals surface area (Å²) in [6.07, 6.45) is 0. The van der Waals surface area contributed by atoms with Gasteiger partial charge in [0.25, 0.3) is 5.91 Å². The summed E-state index contributed by atoms with van der Waals surface area (Å²) in [5.74, 6) is -2.68. The van der Waals surface area contributed by atoms with E-state index in [0.717, 1.165) is 10.3 Å². The maximum absolute atomic E-state index is 15.1. The minimum absolute atomic E-state index is 0.0485. The zero-order valence-electron chi connectivity index (χ0n) is 19.7. The lowest BCUT2D eigenvalue weighted by atomic mass is 9.95. The maximum Gasteiger partial charge on any atom is 0.296 e. The van der Waals surface area contributed by atoms with Gasteiger partial charge in [0.15, 0.2) is 28.0 Å². The Hall–Kier alpha value is -4.50. The molecule has 1 aliphatic rings. The molecule has 1 unspecified atom stereocenters. The number of nitrogens with zero attached hydrogens (tertiary/aromatic N) is 2. The van der Waals surface area contributed by atoms with Crippen LogP contribution in [0.1, 0.15) is 27.7 Å². The molecule has 3 heterocycles. The van der Waals surface area contributed by atoms with Gasteiger partial charge in [-0.25, -0.2) is 9.37 Å². The van der Waals surface area contributed by atoms with Gasteiger partial charge in [-0.2, -0.15) is 0 Å². The SMILES string of the molecule is COc1cccc2cc(C(=O)C3=C(O)C(=O)N(c4nc5ccc(C)cc5s4)C3c3ccccc3F)oc12. The van der Waals surface area contributed by atoms with E-state index in [-0.39, 0.29) is 22.0 Å². The third kappa shape index (κ3) is 3.58. The minimum atomic E-state index is -1.25. The standard InChI is InChI=1S/C28H19FN2O5S/c1-14-10-11-18-21(12-14)37-28(30-18)31-23(16-7-3-4-8-17(16)29)22(25(33)27(31)34)24(32)20-13-15-6-5-9-19(35-2)26(15)36-20/h3-13,23,33H,1-2H3. The summed E-state index contributed by atoms with van der Waals surface area (Å²) in [6.45, 7) is 1.94. The van der Waals surface area contributed by atoms with E-state index in [1.54, 1.807) is 24.3 Å². The van der Waals surface area contributed by atoms with Gasteiger partial charge in [-0.05, 0) is 42.8 Å². The van der Waals surface area contributed by atoms with Gasteiger partial charge in [-0.1, -0.05) is 47.7 Å². The van der Waals surface area contributed by atoms with Crippen molar-refractivity contribution in [3.63, 3.8) is 0 Å². The Morgan fingerprint density at radius 2 is 1.95 bits per heavy atom. The molecular weight excluding hydrogens is 495 g/mol. The zero-order valence-corrected chi connectivity index (χ0v) is 20.5. The summed E-state index contributed by atoms with van der Waals surface area (Å²) in [5, 5.41) is 11.8. The minimum Gasteiger partial charge on any atom is -0.503 e. The van der Waals surface area contributed by atoms with Crippen molar-refractivity contribution in [3.05, 3.63) is 101 Å². The Bertz CT molecular complexity index is 1770. The summed E-state index contributed by atoms with van der Waals surface area (Å²) in [5.41, 5.74) is 1.77. The van der Waals surface area contributed by atoms with Crippen LogP contribution in [0.5, 0.6) is 5.75 Å². The lowest BCUT2D eigenvalue weighted by Crippen LogP contribution is -2.31. The molecule has 0 radical (unpaired) electrons. The van der Waals surface area contributed by atoms with Crippen LogP contribution >= 0.6 is 11.3 Å². The summed E-state index contributed by atoms with van der Waals surface area (Å²) in [4.78, 5) is 32.9. The monoisotopic (exact) mass is 514 g/mol. The number of benzene rings is 3. The highest BCUT2D eigenvalue weighted by molar-refractivity contribution is 7.22. The average Bonchev–Trinajstić information content (AvgIpc) is 3.58. The Balaban J connectivity index is 1.52. The molecule has 0 saturated carbocycles. The van der Waals surface area contributed by atoms with E-state index in [9.17, 15) is 14.7 Å². The molecule has 3 aromatic carbocycles. The number of thiazole rings is 1. The number of hydrogen-bond donors (Lipinski definition) is 1. The number of aromatic nitrogens is 1. The smallest absolute Gasteiger partial charge is 0.296 e. The highest BCUT2D eigenvalue weighted by Crippen LogP contribution is 2.45. The van der Waals surface area contributed by atoms with Gasteiger partial charge >= 0.3 is 0 Å². The number of furan rings is 1. The fraction of sp³-hybridized carbons (Fsp3) is 0.107. The maximum atomic E-state index is 15.1. The molecule has 0 saturated heterocycles. The van der Waals surface area contributed by atoms with Gasteiger partial charge in [0.05, 0.1) is 22.9 Å². The lowest BCUT2D eigenvalue weighted by molar-refractivity contribution is -0.117. The second kappa shape index (κ2) is 8.56. The number of rotatable bonds is 5. The largest absolute Gasteiger partial charge is 0.503 e. The Morgan fingerprint density at radius 3 is 2.73 bits per heavy atom. The van der Waals surface area contributed by atoms with Crippen LogP contribution in [0.25, 0.3) is 21.2 Å². The van der Waals surface area contributed by atoms with Gasteiger partial charge in [-0.15, -0.1) is 0 Å². The number of ether oxygens (including phenoxy) is 1. The van der Waals surface area contributed by atoms with Crippen LogP contribution in [-0.2, 0) is 4.79 Å². The quantitative estimate of drug-likeness (QED) is 0.278. The first kappa shape index (κ1) is 22.9. The number of aryl methyl sites for hydroxylation is 1. The molecule has 37 heavy (non-hydrogen) atoms. The van der Waals surface area contributed by atoms with Crippen molar-refractivity contribution in [3.8, 4) is 5.75 Å². The number of carbonyl (C=O) groups is 2. The van der Waals surface area contributed by atoms with Crippen molar-refractivity contribution in [2.45, 2.75) is 13.0 Å². The van der Waals surface area contributed by atoms with Crippen molar-refractivity contribution in [1.82, 2.24) is 4.98 Å². The van der Waals surface area contributed by atoms with Crippen LogP contribution in [-0.4, -0.2) is 28.9 Å². The first-order valence-electron chi connectivity index (χ1n) is 11.4. The number of Topliss-reactive ketones (excluding diaryl/α,β-unsaturated/α-hetero) is 1. The van der Waals surface area contributed by atoms with E-state index < -0.39 is 29.3 Å². The summed E-state index contributed by atoms with van der Waals surface area (Å²) in [6, 6.07) is 16.9. The average molecular weight is 515 g/mol. The number of anilines is 1. The molecule has 0 fully saturated rings. The lowest BCUT2D eigenvalue weighted by Gasteiger charge is -2.24. The molecule has 0 spiro atoms. The molecule has 1 aliphatic heterocycles. The molecule has 0 bridgehead atoms. The van der Waals surface area contributed by atoms with Crippen molar-refractivity contribution in [1.29, 1.82) is 0 Å². The molecule has 6 rings (SSSR count). The second-order valence-electron chi connectivity index (χ2n) is 8.65. The van der Waals surface area contributed by atoms with Gasteiger partial charge in [0, 0.05) is 10.9 Å². The molecule has 2 aromatic heterocycles. The Kier molecular flexibility index (Phi) is 5.31. The second-order valence-corrected chi connectivity index (χ2v) is 9.66. The number of hydrogen-bond acceptors (Lipinski definition) is 7. The summed E-state index contributed by atoms with van der Waals surface area (Å²) in [7, 11) is 1.48. The fourth-order valence-corrected chi connectivity index (χ4v) is 5.68. The highest BCUT2D eigenvalue weighted by atomic mass is 32.1. The number of fused-ring (bicyclic) bond motifs is 2. The first-order valence-corrected chi connectivity index (χ1v) is 12.2. The van der Waals surface area contributed by atoms with Crippen LogP contribution in [0, 0.1) is 12.7 Å². The van der Waals surface area contributed by atoms with Gasteiger partial charge in [0.2, 0.25) is 5.78 Å². The molecule has 184 valence electrons. The number of methoxy groups -OCH3 is 1. The number of halogens is 1. The molecule has 1 atom stereocenters. The number of aliphatic hydroxyl groups is 1. The van der Waals surface area contributed by atoms with Crippen LogP contribution in [0.3, 0.4) is 0 Å². The van der Waals surface area contributed by atoms with E-state index in [4.69, 9.17) is 9.15 Å². The molecule has 7 nitrogen and oxygen atoms in total. The molecular formula is C28H19FN2O5S. The topological polar surface area (TPSA) is 92.9 Å². The molecule has 0 aliphatic carbocycles. The zero-order chi connectivity index (χ0) is 25.8. The van der Waals surface area contributed by atoms with Crippen molar-refractivity contribution >= 4 is 49.3 Å². The van der Waals surface area contributed by atoms with E-state index in [1.165, 1.54) is 47.6 Å². The number of aliphatic hydroxyl groups excluding tert-OH is 1. The first-order chi connectivity index (χ1) is 17.9. The predicted molar refractivity (Wildman–Crippen MR) is 138 cm³/mol. The molecule has 1 N–H and O–H groups in total. The van der Waals surface area contributed by atoms with Gasteiger partial charge in [-0.3, -0.25) is 14.5 Å². The number of amides is 1. The van der Waals surface area contributed by atoms with Crippen molar-refractivity contribution in [2.75, 3.05) is 12.0 Å². The molecule has 1 amide bonds. The van der Waals surface area contributed by atoms with E-state index in [1.807, 2.05) is 25.1 Å². The van der Waals surface area contributed by atoms with E-state index in [0.29, 0.717) is 22.2 Å². The number of ketones is 1. The Morgan fingerprint density at radius 1 is 1.14 bits per heavy atom. The van der Waals surface area contributed by atoms with Crippen LogP contribution in [0.4, 0.5) is 9.52 Å². The summed E-state index contributed by atoms with van der Waals surface area (Å²) < 4.78 is 27.1. The highest BCUT2D eigenvalue weighted by Gasteiger charge is 2.47. The third-order valence-electron chi connectivity index (χ3n) is 6.34. The normalized spacial score (nSPS) is 15.8. The fourth-order valence-electron chi connectivity index (χ4n) is 4.59. The van der Waals surface area contributed by atoms with Crippen LogP contribution in [0.2, 0.25) is 0 Å². The Labute approximate surface area is 214 Å².